The third-order valence-electron chi connectivity index (χ3n) is 1.91. The number of nitrogens with zero attached hydrogens (tertiary/aromatic N) is 1. The molecule has 0 aromatic heterocycles. The van der Waals surface area contributed by atoms with E-state index in [1.54, 1.807) is 27.7 Å². The van der Waals surface area contributed by atoms with Crippen LogP contribution >= 0.6 is 0 Å². The molecule has 0 unspecified atom stereocenters. The summed E-state index contributed by atoms with van der Waals surface area (Å²) in [5, 5.41) is 2.39. The number of carbonyl (C=O) groups is 2. The number of rotatable bonds is 5. The van der Waals surface area contributed by atoms with Crippen molar-refractivity contribution in [2.24, 2.45) is 10.7 Å². The van der Waals surface area contributed by atoms with E-state index in [1.807, 2.05) is 0 Å². The lowest BCUT2D eigenvalue weighted by atomic mass is 10.2. The number of esters is 1. The van der Waals surface area contributed by atoms with Gasteiger partial charge in [-0.1, -0.05) is 6.08 Å². The lowest BCUT2D eigenvalue weighted by Gasteiger charge is -2.20. The van der Waals surface area contributed by atoms with Crippen LogP contribution in [0.4, 0.5) is 4.79 Å². The molecule has 0 rings (SSSR count). The van der Waals surface area contributed by atoms with E-state index in [4.69, 9.17) is 15.2 Å². The summed E-state index contributed by atoms with van der Waals surface area (Å²) in [6.45, 7) is 10.7. The summed E-state index contributed by atoms with van der Waals surface area (Å²) < 4.78 is 9.96. The van der Waals surface area contributed by atoms with Gasteiger partial charge in [-0.15, -0.1) is 6.58 Å². The molecule has 0 aromatic carbocycles. The van der Waals surface area contributed by atoms with Gasteiger partial charge < -0.3 is 15.2 Å². The number of aliphatic imine (C=N–C) groups is 1. The van der Waals surface area contributed by atoms with Gasteiger partial charge in [0.05, 0.1) is 13.2 Å². The van der Waals surface area contributed by atoms with Gasteiger partial charge in [0.1, 0.15) is 17.0 Å². The van der Waals surface area contributed by atoms with E-state index in [-0.39, 0.29) is 24.6 Å². The topological polar surface area (TPSA) is 103 Å². The molecule has 21 heavy (non-hydrogen) atoms. The normalized spacial score (nSPS) is 12.6. The molecule has 0 fully saturated rings. The van der Waals surface area contributed by atoms with E-state index in [1.165, 1.54) is 6.08 Å². The monoisotopic (exact) mass is 297 g/mol. The van der Waals surface area contributed by atoms with Gasteiger partial charge in [-0.05, 0) is 27.7 Å². The Bertz CT molecular complexity index is 448. The van der Waals surface area contributed by atoms with Crippen LogP contribution in [0.2, 0.25) is 0 Å². The molecule has 7 nitrogen and oxygen atoms in total. The summed E-state index contributed by atoms with van der Waals surface area (Å²) >= 11 is 0. The van der Waals surface area contributed by atoms with Gasteiger partial charge in [0, 0.05) is 6.20 Å². The molecular formula is C14H23N3O4. The number of nitrogens with two attached hydrogens (primary N) is 1. The fraction of sp³-hybridized carbons (Fsp3) is 0.500. The first-order chi connectivity index (χ1) is 9.75. The quantitative estimate of drug-likeness (QED) is 0.263. The maximum absolute atomic E-state index is 11.8. The van der Waals surface area contributed by atoms with Gasteiger partial charge in [0.15, 0.2) is 0 Å². The summed E-state index contributed by atoms with van der Waals surface area (Å²) in [7, 11) is 0. The molecule has 1 amide bonds. The average molecular weight is 297 g/mol. The Kier molecular flexibility index (Phi) is 7.81. The number of carbonyl (C=O) groups excluding carboxylic acids is 2. The zero-order chi connectivity index (χ0) is 16.5. The molecule has 0 bridgehead atoms. The van der Waals surface area contributed by atoms with Crippen molar-refractivity contribution >= 4 is 17.9 Å². The summed E-state index contributed by atoms with van der Waals surface area (Å²) in [4.78, 5) is 27.6. The second kappa shape index (κ2) is 8.78. The number of hydrogen-bond acceptors (Lipinski definition) is 6. The molecule has 0 radical (unpaired) electrons. The Hall–Kier alpha value is -2.31. The largest absolute Gasteiger partial charge is 0.462 e. The van der Waals surface area contributed by atoms with E-state index in [9.17, 15) is 9.59 Å². The van der Waals surface area contributed by atoms with Crippen molar-refractivity contribution in [3.05, 3.63) is 24.4 Å². The van der Waals surface area contributed by atoms with E-state index >= 15 is 0 Å². The number of amides is 1. The highest BCUT2D eigenvalue weighted by atomic mass is 16.6. The summed E-state index contributed by atoms with van der Waals surface area (Å²) in [5.74, 6) is -0.705. The summed E-state index contributed by atoms with van der Waals surface area (Å²) in [5.41, 5.74) is 4.69. The molecule has 0 aliphatic carbocycles. The number of amidine groups is 1. The lowest BCUT2D eigenvalue weighted by Crippen LogP contribution is -2.39. The molecule has 0 spiro atoms. The Morgan fingerprint density at radius 1 is 1.38 bits per heavy atom. The van der Waals surface area contributed by atoms with E-state index < -0.39 is 17.7 Å². The standard InChI is InChI=1S/C14H23N3O4/c1-6-8-16-11(10(9-15)12(18)20-7-2)17-13(19)21-14(3,4)5/h6,9H,1,7-8,15H2,2-5H3,(H,16,17,19). The maximum Gasteiger partial charge on any atom is 0.413 e. The smallest absolute Gasteiger partial charge is 0.413 e. The Morgan fingerprint density at radius 3 is 2.43 bits per heavy atom. The highest BCUT2D eigenvalue weighted by Gasteiger charge is 2.22. The molecule has 0 aromatic rings. The fourth-order valence-electron chi connectivity index (χ4n) is 1.20. The molecule has 7 heteroatoms. The molecule has 3 N–H and O–H groups in total. The second-order valence-corrected chi connectivity index (χ2v) is 4.91. The molecule has 0 heterocycles. The van der Waals surface area contributed by atoms with Crippen molar-refractivity contribution in [3.63, 3.8) is 0 Å². The Balaban J connectivity index is 5.16. The van der Waals surface area contributed by atoms with Crippen LogP contribution in [0.3, 0.4) is 0 Å². The van der Waals surface area contributed by atoms with Crippen molar-refractivity contribution in [2.45, 2.75) is 33.3 Å². The minimum absolute atomic E-state index is 0.0231. The molecule has 0 atom stereocenters. The van der Waals surface area contributed by atoms with Crippen molar-refractivity contribution in [3.8, 4) is 0 Å². The van der Waals surface area contributed by atoms with Gasteiger partial charge >= 0.3 is 12.1 Å². The van der Waals surface area contributed by atoms with E-state index in [0.29, 0.717) is 0 Å². The lowest BCUT2D eigenvalue weighted by molar-refractivity contribution is -0.137. The zero-order valence-electron chi connectivity index (χ0n) is 12.9. The zero-order valence-corrected chi connectivity index (χ0v) is 12.9. The number of alkyl carbamates (subject to hydrolysis) is 1. The Labute approximate surface area is 124 Å². The first-order valence-corrected chi connectivity index (χ1v) is 6.49. The van der Waals surface area contributed by atoms with Crippen LogP contribution in [0.1, 0.15) is 27.7 Å². The number of ether oxygens (including phenoxy) is 2. The molecule has 0 aliphatic rings. The highest BCUT2D eigenvalue weighted by molar-refractivity contribution is 6.21. The van der Waals surface area contributed by atoms with Crippen LogP contribution in [0.15, 0.2) is 29.4 Å². The van der Waals surface area contributed by atoms with Gasteiger partial charge in [-0.2, -0.15) is 0 Å². The van der Waals surface area contributed by atoms with Crippen LogP contribution in [0.5, 0.6) is 0 Å². The molecule has 0 saturated carbocycles. The SMILES string of the molecule is C=CCN=C(NC(=O)OC(C)(C)C)C(=CN)C(=O)OCC. The third kappa shape index (κ3) is 7.76. The van der Waals surface area contributed by atoms with E-state index in [0.717, 1.165) is 6.20 Å². The average Bonchev–Trinajstić information content (AvgIpc) is 2.34. The van der Waals surface area contributed by atoms with Crippen LogP contribution in [-0.2, 0) is 14.3 Å². The molecule has 0 aliphatic heterocycles. The fourth-order valence-corrected chi connectivity index (χ4v) is 1.20. The predicted octanol–water partition coefficient (Wildman–Crippen LogP) is 1.50. The number of hydrogen-bond donors (Lipinski definition) is 2. The van der Waals surface area contributed by atoms with Gasteiger partial charge in [0.25, 0.3) is 0 Å². The third-order valence-corrected chi connectivity index (χ3v) is 1.91. The summed E-state index contributed by atoms with van der Waals surface area (Å²) in [6.07, 6.45) is 1.79. The molecule has 0 saturated heterocycles. The predicted molar refractivity (Wildman–Crippen MR) is 80.8 cm³/mol. The van der Waals surface area contributed by atoms with Crippen molar-refractivity contribution in [1.29, 1.82) is 0 Å². The van der Waals surface area contributed by atoms with Crippen LogP contribution in [0, 0.1) is 0 Å². The Morgan fingerprint density at radius 2 is 2.00 bits per heavy atom. The minimum atomic E-state index is -0.742. The van der Waals surface area contributed by atoms with Crippen molar-refractivity contribution < 1.29 is 19.1 Å². The van der Waals surface area contributed by atoms with Crippen LogP contribution < -0.4 is 11.1 Å². The second-order valence-electron chi connectivity index (χ2n) is 4.91. The number of nitrogens with one attached hydrogen (secondary N) is 1. The molecule has 118 valence electrons. The van der Waals surface area contributed by atoms with Crippen LogP contribution in [0.25, 0.3) is 0 Å². The van der Waals surface area contributed by atoms with Crippen LogP contribution in [-0.4, -0.2) is 36.7 Å². The maximum atomic E-state index is 11.8. The summed E-state index contributed by atoms with van der Waals surface area (Å²) in [6, 6.07) is 0. The van der Waals surface area contributed by atoms with Crippen molar-refractivity contribution in [1.82, 2.24) is 5.32 Å². The minimum Gasteiger partial charge on any atom is -0.462 e. The molecular weight excluding hydrogens is 274 g/mol. The van der Waals surface area contributed by atoms with Crippen molar-refractivity contribution in [2.75, 3.05) is 13.2 Å². The first-order valence-electron chi connectivity index (χ1n) is 6.49. The van der Waals surface area contributed by atoms with Gasteiger partial charge in [0.2, 0.25) is 0 Å². The van der Waals surface area contributed by atoms with Gasteiger partial charge in [-0.3, -0.25) is 10.3 Å². The first kappa shape index (κ1) is 18.7. The van der Waals surface area contributed by atoms with Gasteiger partial charge in [-0.25, -0.2) is 9.59 Å². The highest BCUT2D eigenvalue weighted by Crippen LogP contribution is 2.07. The van der Waals surface area contributed by atoms with E-state index in [2.05, 4.69) is 16.9 Å².